The van der Waals surface area contributed by atoms with E-state index in [1.807, 2.05) is 30.3 Å². The van der Waals surface area contributed by atoms with Crippen LogP contribution in [0.4, 0.5) is 0 Å². The number of carbonyl (C=O) groups excluding carboxylic acids is 3. The summed E-state index contributed by atoms with van der Waals surface area (Å²) in [6.07, 6.45) is 2.29. The highest BCUT2D eigenvalue weighted by Crippen LogP contribution is 2.13. The first-order valence-corrected chi connectivity index (χ1v) is 6.84. The zero-order valence-electron chi connectivity index (χ0n) is 12.6. The lowest BCUT2D eigenvalue weighted by molar-refractivity contribution is -0.140. The van der Waals surface area contributed by atoms with Crippen LogP contribution in [0.3, 0.4) is 0 Å². The molecule has 0 unspecified atom stereocenters. The number of hydrogen-bond acceptors (Lipinski definition) is 5. The van der Waals surface area contributed by atoms with Gasteiger partial charge in [-0.3, -0.25) is 4.79 Å². The van der Waals surface area contributed by atoms with Crippen molar-refractivity contribution in [1.29, 1.82) is 0 Å². The molecule has 6 heteroatoms. The van der Waals surface area contributed by atoms with Crippen LogP contribution in [0.5, 0.6) is 0 Å². The molecule has 22 heavy (non-hydrogen) atoms. The maximum absolute atomic E-state index is 11.6. The van der Waals surface area contributed by atoms with Crippen molar-refractivity contribution >= 4 is 17.8 Å². The van der Waals surface area contributed by atoms with Crippen LogP contribution in [0.15, 0.2) is 42.5 Å². The highest BCUT2D eigenvalue weighted by atomic mass is 16.5. The lowest BCUT2D eigenvalue weighted by atomic mass is 10.1. The summed E-state index contributed by atoms with van der Waals surface area (Å²) >= 11 is 0. The van der Waals surface area contributed by atoms with Gasteiger partial charge in [-0.15, -0.1) is 0 Å². The fraction of sp³-hybridized carbons (Fsp3) is 0.312. The number of benzene rings is 1. The minimum absolute atomic E-state index is 0.0277. The summed E-state index contributed by atoms with van der Waals surface area (Å²) in [4.78, 5) is 34.0. The Labute approximate surface area is 129 Å². The molecule has 1 amide bonds. The Morgan fingerprint density at radius 1 is 1.14 bits per heavy atom. The maximum Gasteiger partial charge on any atom is 0.331 e. The molecule has 0 radical (unpaired) electrons. The van der Waals surface area contributed by atoms with E-state index in [0.29, 0.717) is 6.42 Å². The summed E-state index contributed by atoms with van der Waals surface area (Å²) in [6, 6.07) is 8.74. The molecule has 1 rings (SSSR count). The van der Waals surface area contributed by atoms with Gasteiger partial charge in [-0.25, -0.2) is 9.59 Å². The third kappa shape index (κ3) is 6.21. The topological polar surface area (TPSA) is 81.7 Å². The molecule has 1 atom stereocenters. The van der Waals surface area contributed by atoms with E-state index in [4.69, 9.17) is 4.74 Å². The van der Waals surface area contributed by atoms with Gasteiger partial charge in [0.05, 0.1) is 13.2 Å². The van der Waals surface area contributed by atoms with Crippen molar-refractivity contribution in [3.8, 4) is 0 Å². The summed E-state index contributed by atoms with van der Waals surface area (Å²) in [5.41, 5.74) is 0.828. The smallest absolute Gasteiger partial charge is 0.331 e. The van der Waals surface area contributed by atoms with E-state index in [-0.39, 0.29) is 12.5 Å². The molecule has 1 N–H and O–H groups in total. The Morgan fingerprint density at radius 3 is 2.36 bits per heavy atom. The van der Waals surface area contributed by atoms with Gasteiger partial charge in [0.2, 0.25) is 5.91 Å². The minimum atomic E-state index is -0.683. The third-order valence-corrected chi connectivity index (χ3v) is 2.81. The Balaban J connectivity index is 2.65. The Hall–Kier alpha value is -2.63. The fourth-order valence-corrected chi connectivity index (χ4v) is 1.62. The molecule has 1 aromatic rings. The zero-order valence-corrected chi connectivity index (χ0v) is 12.6. The van der Waals surface area contributed by atoms with Gasteiger partial charge in [-0.05, 0) is 5.56 Å². The SMILES string of the molecule is CCC(=O)N[C@@H](COC(=O)/C=C/C(=O)OC)c1ccccc1. The predicted octanol–water partition coefficient (Wildman–Crippen LogP) is 1.53. The quantitative estimate of drug-likeness (QED) is 0.610. The number of nitrogens with one attached hydrogen (secondary N) is 1. The van der Waals surface area contributed by atoms with Crippen LogP contribution in [0.2, 0.25) is 0 Å². The Kier molecular flexibility index (Phi) is 7.39. The van der Waals surface area contributed by atoms with Gasteiger partial charge < -0.3 is 14.8 Å². The van der Waals surface area contributed by atoms with E-state index in [1.165, 1.54) is 7.11 Å². The first-order valence-electron chi connectivity index (χ1n) is 6.84. The van der Waals surface area contributed by atoms with Crippen molar-refractivity contribution in [3.63, 3.8) is 0 Å². The van der Waals surface area contributed by atoms with Crippen molar-refractivity contribution in [1.82, 2.24) is 5.32 Å². The third-order valence-electron chi connectivity index (χ3n) is 2.81. The van der Waals surface area contributed by atoms with E-state index in [0.717, 1.165) is 17.7 Å². The molecule has 0 spiro atoms. The van der Waals surface area contributed by atoms with E-state index in [1.54, 1.807) is 6.92 Å². The summed E-state index contributed by atoms with van der Waals surface area (Å²) in [6.45, 7) is 1.71. The van der Waals surface area contributed by atoms with Gasteiger partial charge in [0, 0.05) is 18.6 Å². The average molecular weight is 305 g/mol. The molecule has 0 heterocycles. The summed E-state index contributed by atoms with van der Waals surface area (Å²) < 4.78 is 9.42. The van der Waals surface area contributed by atoms with Crippen LogP contribution < -0.4 is 5.32 Å². The van der Waals surface area contributed by atoms with Crippen LogP contribution in [0.1, 0.15) is 24.9 Å². The molecular weight excluding hydrogens is 286 g/mol. The molecule has 0 saturated heterocycles. The summed E-state index contributed by atoms with van der Waals surface area (Å²) in [5.74, 6) is -1.47. The van der Waals surface area contributed by atoms with Gasteiger partial charge in [0.15, 0.2) is 0 Å². The van der Waals surface area contributed by atoms with Crippen molar-refractivity contribution in [2.24, 2.45) is 0 Å². The number of methoxy groups -OCH3 is 1. The fourth-order valence-electron chi connectivity index (χ4n) is 1.62. The van der Waals surface area contributed by atoms with Crippen LogP contribution in [0.25, 0.3) is 0 Å². The van der Waals surface area contributed by atoms with Crippen molar-refractivity contribution in [2.75, 3.05) is 13.7 Å². The number of carbonyl (C=O) groups is 3. The molecule has 0 fully saturated rings. The van der Waals surface area contributed by atoms with Crippen molar-refractivity contribution < 1.29 is 23.9 Å². The van der Waals surface area contributed by atoms with Crippen LogP contribution in [-0.4, -0.2) is 31.6 Å². The van der Waals surface area contributed by atoms with Gasteiger partial charge >= 0.3 is 11.9 Å². The largest absolute Gasteiger partial charge is 0.466 e. The van der Waals surface area contributed by atoms with E-state index in [9.17, 15) is 14.4 Å². The van der Waals surface area contributed by atoms with E-state index in [2.05, 4.69) is 10.1 Å². The standard InChI is InChI=1S/C16H19NO5/c1-3-14(18)17-13(12-7-5-4-6-8-12)11-22-16(20)10-9-15(19)21-2/h4-10,13H,3,11H2,1-2H3,(H,17,18)/b10-9+/t13-/m0/s1. The van der Waals surface area contributed by atoms with E-state index >= 15 is 0 Å². The number of amides is 1. The molecule has 0 saturated carbocycles. The predicted molar refractivity (Wildman–Crippen MR) is 79.7 cm³/mol. The molecule has 0 aliphatic rings. The molecule has 1 aromatic carbocycles. The van der Waals surface area contributed by atoms with Crippen LogP contribution in [-0.2, 0) is 23.9 Å². The Bertz CT molecular complexity index is 539. The van der Waals surface area contributed by atoms with Crippen LogP contribution in [0, 0.1) is 0 Å². The van der Waals surface area contributed by atoms with E-state index < -0.39 is 18.0 Å². The van der Waals surface area contributed by atoms with Crippen molar-refractivity contribution in [2.45, 2.75) is 19.4 Å². The molecule has 0 aliphatic heterocycles. The highest BCUT2D eigenvalue weighted by molar-refractivity contribution is 5.91. The zero-order chi connectivity index (χ0) is 16.4. The second-order valence-electron chi connectivity index (χ2n) is 4.37. The number of esters is 2. The first-order chi connectivity index (χ1) is 10.6. The number of ether oxygens (including phenoxy) is 2. The van der Waals surface area contributed by atoms with Gasteiger partial charge in [-0.1, -0.05) is 37.3 Å². The lowest BCUT2D eigenvalue weighted by Crippen LogP contribution is -2.31. The second-order valence-corrected chi connectivity index (χ2v) is 4.37. The normalized spacial score (nSPS) is 11.7. The first kappa shape index (κ1) is 17.4. The lowest BCUT2D eigenvalue weighted by Gasteiger charge is -2.18. The van der Waals surface area contributed by atoms with Crippen LogP contribution >= 0.6 is 0 Å². The molecule has 118 valence electrons. The summed E-state index contributed by atoms with van der Waals surface area (Å²) in [5, 5.41) is 2.78. The summed E-state index contributed by atoms with van der Waals surface area (Å²) in [7, 11) is 1.21. The monoisotopic (exact) mass is 305 g/mol. The van der Waals surface area contributed by atoms with Gasteiger partial charge in [0.1, 0.15) is 6.61 Å². The minimum Gasteiger partial charge on any atom is -0.466 e. The highest BCUT2D eigenvalue weighted by Gasteiger charge is 2.15. The molecular formula is C16H19NO5. The second kappa shape index (κ2) is 9.33. The molecule has 0 bridgehead atoms. The van der Waals surface area contributed by atoms with Crippen molar-refractivity contribution in [3.05, 3.63) is 48.0 Å². The molecule has 0 aliphatic carbocycles. The molecule has 6 nitrogen and oxygen atoms in total. The van der Waals surface area contributed by atoms with Gasteiger partial charge in [0.25, 0.3) is 0 Å². The molecule has 0 aromatic heterocycles. The average Bonchev–Trinajstić information content (AvgIpc) is 2.56. The Morgan fingerprint density at radius 2 is 1.77 bits per heavy atom. The van der Waals surface area contributed by atoms with Gasteiger partial charge in [-0.2, -0.15) is 0 Å². The maximum atomic E-state index is 11.6. The number of hydrogen-bond donors (Lipinski definition) is 1. The number of rotatable bonds is 7.